The molecule has 2 fully saturated rings. The number of ether oxygens (including phenoxy) is 1. The molecule has 5 rings (SSSR count). The summed E-state index contributed by atoms with van der Waals surface area (Å²) in [5.41, 5.74) is 2.99. The van der Waals surface area contributed by atoms with E-state index in [9.17, 15) is 4.79 Å². The number of benzene rings is 1. The van der Waals surface area contributed by atoms with Gasteiger partial charge in [-0.1, -0.05) is 30.3 Å². The largest absolute Gasteiger partial charge is 0.376 e. The van der Waals surface area contributed by atoms with E-state index < -0.39 is 0 Å². The van der Waals surface area contributed by atoms with Gasteiger partial charge in [-0.05, 0) is 25.2 Å². The molecule has 3 heterocycles. The van der Waals surface area contributed by atoms with E-state index in [2.05, 4.69) is 4.98 Å². The molecule has 0 unspecified atom stereocenters. The Hall–Kier alpha value is -2.27. The van der Waals surface area contributed by atoms with Crippen molar-refractivity contribution in [3.63, 3.8) is 0 Å². The molecule has 0 bridgehead atoms. The molecule has 5 heteroatoms. The summed E-state index contributed by atoms with van der Waals surface area (Å²) in [6, 6.07) is 10.1. The SMILES string of the molecule is O=C(CC1CC1)N1CC[C@]2(COCc3cnc(-c4ccccc4)nc32)C1. The molecule has 26 heavy (non-hydrogen) atoms. The van der Waals surface area contributed by atoms with E-state index in [-0.39, 0.29) is 5.41 Å². The summed E-state index contributed by atoms with van der Waals surface area (Å²) >= 11 is 0. The first-order valence-electron chi connectivity index (χ1n) is 9.51. The number of likely N-dealkylation sites (tertiary alicyclic amines) is 1. The zero-order valence-electron chi connectivity index (χ0n) is 14.9. The highest BCUT2D eigenvalue weighted by Crippen LogP contribution is 2.41. The minimum absolute atomic E-state index is 0.181. The highest BCUT2D eigenvalue weighted by molar-refractivity contribution is 5.77. The van der Waals surface area contributed by atoms with Crippen LogP contribution in [-0.4, -0.2) is 40.5 Å². The number of carbonyl (C=O) groups excluding carboxylic acids is 1. The lowest BCUT2D eigenvalue weighted by molar-refractivity contribution is -0.130. The third-order valence-corrected chi connectivity index (χ3v) is 5.90. The lowest BCUT2D eigenvalue weighted by Gasteiger charge is -2.34. The molecule has 1 amide bonds. The summed E-state index contributed by atoms with van der Waals surface area (Å²) in [5.74, 6) is 1.68. The zero-order valence-corrected chi connectivity index (χ0v) is 14.9. The molecule has 0 N–H and O–H groups in total. The first-order chi connectivity index (χ1) is 12.7. The zero-order chi connectivity index (χ0) is 17.6. The molecule has 134 valence electrons. The number of aromatic nitrogens is 2. The number of carbonyl (C=O) groups is 1. The normalized spacial score (nSPS) is 24.7. The fraction of sp³-hybridized carbons (Fsp3) is 0.476. The number of rotatable bonds is 3. The molecule has 5 nitrogen and oxygen atoms in total. The summed E-state index contributed by atoms with van der Waals surface area (Å²) in [6.07, 6.45) is 5.96. The molecular formula is C21H23N3O2. The first-order valence-corrected chi connectivity index (χ1v) is 9.51. The van der Waals surface area contributed by atoms with Crippen LogP contribution in [0.2, 0.25) is 0 Å². The van der Waals surface area contributed by atoms with Crippen molar-refractivity contribution in [3.05, 3.63) is 47.8 Å². The van der Waals surface area contributed by atoms with Crippen molar-refractivity contribution in [1.29, 1.82) is 0 Å². The molecule has 2 aliphatic heterocycles. The quantitative estimate of drug-likeness (QED) is 0.855. The Morgan fingerprint density at radius 3 is 2.92 bits per heavy atom. The maximum absolute atomic E-state index is 12.6. The van der Waals surface area contributed by atoms with Crippen LogP contribution >= 0.6 is 0 Å². The van der Waals surface area contributed by atoms with Crippen molar-refractivity contribution < 1.29 is 9.53 Å². The lowest BCUT2D eigenvalue weighted by Crippen LogP contribution is -2.41. The minimum atomic E-state index is -0.181. The molecule has 2 aromatic rings. The van der Waals surface area contributed by atoms with Gasteiger partial charge in [0.05, 0.1) is 24.3 Å². The molecule has 1 aliphatic carbocycles. The van der Waals surface area contributed by atoms with E-state index in [1.54, 1.807) is 0 Å². The van der Waals surface area contributed by atoms with Crippen molar-refractivity contribution >= 4 is 5.91 Å². The molecule has 0 radical (unpaired) electrons. The van der Waals surface area contributed by atoms with E-state index in [1.165, 1.54) is 12.8 Å². The molecule has 1 aromatic carbocycles. The Morgan fingerprint density at radius 1 is 1.27 bits per heavy atom. The second kappa shape index (κ2) is 6.16. The Morgan fingerprint density at radius 2 is 2.12 bits per heavy atom. The summed E-state index contributed by atoms with van der Waals surface area (Å²) in [6.45, 7) is 2.72. The van der Waals surface area contributed by atoms with E-state index in [0.717, 1.165) is 42.2 Å². The standard InChI is InChI=1S/C21H23N3O2/c25-18(10-15-6-7-15)24-9-8-21(13-24)14-26-12-17-11-22-20(23-19(17)21)16-4-2-1-3-5-16/h1-5,11,15H,6-10,12-14H2/t21-/m1/s1. The van der Waals surface area contributed by atoms with Crippen LogP contribution in [0, 0.1) is 5.92 Å². The third-order valence-electron chi connectivity index (χ3n) is 5.90. The van der Waals surface area contributed by atoms with Crippen LogP contribution in [0.15, 0.2) is 36.5 Å². The summed E-state index contributed by atoms with van der Waals surface area (Å²) in [7, 11) is 0. The predicted octanol–water partition coefficient (Wildman–Crippen LogP) is 2.94. The maximum Gasteiger partial charge on any atom is 0.222 e. The first kappa shape index (κ1) is 15.9. The van der Waals surface area contributed by atoms with Gasteiger partial charge in [-0.25, -0.2) is 9.97 Å². The van der Waals surface area contributed by atoms with Crippen LogP contribution < -0.4 is 0 Å². The Labute approximate surface area is 153 Å². The van der Waals surface area contributed by atoms with Gasteiger partial charge in [0.25, 0.3) is 0 Å². The predicted molar refractivity (Wildman–Crippen MR) is 97.3 cm³/mol. The number of nitrogens with zero attached hydrogens (tertiary/aromatic N) is 3. The van der Waals surface area contributed by atoms with Crippen molar-refractivity contribution in [1.82, 2.24) is 14.9 Å². The maximum atomic E-state index is 12.6. The third kappa shape index (κ3) is 2.80. The van der Waals surface area contributed by atoms with Gasteiger partial charge in [0.2, 0.25) is 5.91 Å². The fourth-order valence-electron chi connectivity index (χ4n) is 4.22. The van der Waals surface area contributed by atoms with Gasteiger partial charge in [0, 0.05) is 36.8 Å². The van der Waals surface area contributed by atoms with Gasteiger partial charge in [-0.2, -0.15) is 0 Å². The topological polar surface area (TPSA) is 55.3 Å². The fourth-order valence-corrected chi connectivity index (χ4v) is 4.22. The lowest BCUT2D eigenvalue weighted by atomic mass is 9.80. The highest BCUT2D eigenvalue weighted by atomic mass is 16.5. The van der Waals surface area contributed by atoms with Gasteiger partial charge < -0.3 is 9.64 Å². The number of hydrogen-bond donors (Lipinski definition) is 0. The molecule has 1 saturated heterocycles. The van der Waals surface area contributed by atoms with Crippen molar-refractivity contribution in [2.75, 3.05) is 19.7 Å². The molecule has 1 spiro atoms. The summed E-state index contributed by atoms with van der Waals surface area (Å²) in [4.78, 5) is 24.1. The van der Waals surface area contributed by atoms with Crippen LogP contribution in [-0.2, 0) is 21.6 Å². The second-order valence-corrected chi connectivity index (χ2v) is 7.92. The van der Waals surface area contributed by atoms with E-state index in [0.29, 0.717) is 31.5 Å². The molecular weight excluding hydrogens is 326 g/mol. The Balaban J connectivity index is 1.46. The molecule has 1 saturated carbocycles. The Kier molecular flexibility index (Phi) is 3.78. The Bertz CT molecular complexity index is 834. The number of fused-ring (bicyclic) bond motifs is 2. The van der Waals surface area contributed by atoms with Gasteiger partial charge in [-0.15, -0.1) is 0 Å². The van der Waals surface area contributed by atoms with E-state index in [1.807, 2.05) is 41.4 Å². The minimum Gasteiger partial charge on any atom is -0.376 e. The van der Waals surface area contributed by atoms with Gasteiger partial charge in [-0.3, -0.25) is 4.79 Å². The van der Waals surface area contributed by atoms with E-state index >= 15 is 0 Å². The second-order valence-electron chi connectivity index (χ2n) is 7.92. The van der Waals surface area contributed by atoms with Crippen molar-refractivity contribution in [3.8, 4) is 11.4 Å². The van der Waals surface area contributed by atoms with Gasteiger partial charge in [0.15, 0.2) is 5.82 Å². The molecule has 1 aromatic heterocycles. The van der Waals surface area contributed by atoms with Crippen LogP contribution in [0.1, 0.15) is 36.9 Å². The van der Waals surface area contributed by atoms with Crippen molar-refractivity contribution in [2.24, 2.45) is 5.92 Å². The van der Waals surface area contributed by atoms with Crippen LogP contribution in [0.3, 0.4) is 0 Å². The number of hydrogen-bond acceptors (Lipinski definition) is 4. The average molecular weight is 349 g/mol. The summed E-state index contributed by atoms with van der Waals surface area (Å²) < 4.78 is 5.88. The van der Waals surface area contributed by atoms with Crippen LogP contribution in [0.4, 0.5) is 0 Å². The molecule has 1 atom stereocenters. The van der Waals surface area contributed by atoms with Crippen LogP contribution in [0.5, 0.6) is 0 Å². The number of amides is 1. The monoisotopic (exact) mass is 349 g/mol. The van der Waals surface area contributed by atoms with Crippen molar-refractivity contribution in [2.45, 2.75) is 37.7 Å². The molecule has 3 aliphatic rings. The van der Waals surface area contributed by atoms with Crippen LogP contribution in [0.25, 0.3) is 11.4 Å². The van der Waals surface area contributed by atoms with Gasteiger partial charge in [0.1, 0.15) is 0 Å². The highest BCUT2D eigenvalue weighted by Gasteiger charge is 2.46. The van der Waals surface area contributed by atoms with Gasteiger partial charge >= 0.3 is 0 Å². The smallest absolute Gasteiger partial charge is 0.222 e. The van der Waals surface area contributed by atoms with E-state index in [4.69, 9.17) is 9.72 Å². The average Bonchev–Trinajstić information content (AvgIpc) is 3.40. The summed E-state index contributed by atoms with van der Waals surface area (Å²) in [5, 5.41) is 0.